The van der Waals surface area contributed by atoms with Crippen molar-refractivity contribution in [2.75, 3.05) is 19.3 Å². The first kappa shape index (κ1) is 18.1. The van der Waals surface area contributed by atoms with E-state index < -0.39 is 26.4 Å². The number of nitrogens with zero attached hydrogens (tertiary/aromatic N) is 2. The highest BCUT2D eigenvalue weighted by atomic mass is 32.2. The van der Waals surface area contributed by atoms with Gasteiger partial charge in [-0.2, -0.15) is 8.42 Å². The van der Waals surface area contributed by atoms with Gasteiger partial charge >= 0.3 is 16.6 Å². The molecule has 0 bridgehead atoms. The van der Waals surface area contributed by atoms with Crippen LogP contribution >= 0.6 is 0 Å². The molecule has 122 valence electrons. The predicted molar refractivity (Wildman–Crippen MR) is 78.2 cm³/mol. The highest BCUT2D eigenvalue weighted by Gasteiger charge is 2.19. The van der Waals surface area contributed by atoms with Crippen LogP contribution in [0.25, 0.3) is 0 Å². The molecule has 0 atom stereocenters. The van der Waals surface area contributed by atoms with Crippen LogP contribution in [0.1, 0.15) is 12.8 Å². The van der Waals surface area contributed by atoms with Crippen LogP contribution in [0.15, 0.2) is 39.8 Å². The summed E-state index contributed by atoms with van der Waals surface area (Å²) < 4.78 is 44.0. The molecule has 1 heterocycles. The maximum absolute atomic E-state index is 10.9. The third-order valence-corrected chi connectivity index (χ3v) is 4.04. The molecule has 1 saturated heterocycles. The zero-order chi connectivity index (χ0) is 16.6. The van der Waals surface area contributed by atoms with Gasteiger partial charge in [0.05, 0.1) is 9.42 Å². The van der Waals surface area contributed by atoms with E-state index in [-0.39, 0.29) is 0 Å². The minimum Gasteiger partial charge on any atom is -0.306 e. The molecule has 0 unspecified atom stereocenters. The molecule has 10 heteroatoms. The summed E-state index contributed by atoms with van der Waals surface area (Å²) in [5.74, 6) is 0. The number of carbonyl (C=O) groups excluding carboxylic acids is 1. The molecule has 0 aliphatic carbocycles. The molecule has 22 heavy (non-hydrogen) atoms. The van der Waals surface area contributed by atoms with Crippen molar-refractivity contribution in [3.63, 3.8) is 0 Å². The van der Waals surface area contributed by atoms with Crippen molar-refractivity contribution in [3.8, 4) is 0 Å². The van der Waals surface area contributed by atoms with Crippen molar-refractivity contribution in [2.45, 2.75) is 17.7 Å². The number of likely N-dealkylation sites (tertiary alicyclic amines) is 1. The molecule has 2 rings (SSSR count). The molecule has 0 spiro atoms. The quantitative estimate of drug-likeness (QED) is 0.745. The SMILES string of the molecule is CS(=O)(=O)c1ccccc1.O=C(ON=S(=O)=O)N1CCCC1. The number of amides is 1. The Labute approximate surface area is 130 Å². The lowest BCUT2D eigenvalue weighted by atomic mass is 10.4. The fraction of sp³-hybridized carbons (Fsp3) is 0.417. The average Bonchev–Trinajstić information content (AvgIpc) is 3.00. The monoisotopic (exact) mass is 348 g/mol. The molecule has 8 nitrogen and oxygen atoms in total. The minimum absolute atomic E-state index is 0.370. The second kappa shape index (κ2) is 8.49. The van der Waals surface area contributed by atoms with Crippen molar-refractivity contribution < 1.29 is 26.5 Å². The Morgan fingerprint density at radius 2 is 1.73 bits per heavy atom. The Morgan fingerprint density at radius 3 is 2.14 bits per heavy atom. The maximum atomic E-state index is 10.9. The van der Waals surface area contributed by atoms with Crippen molar-refractivity contribution in [3.05, 3.63) is 30.3 Å². The van der Waals surface area contributed by atoms with Gasteiger partial charge < -0.3 is 4.90 Å². The highest BCUT2D eigenvalue weighted by Crippen LogP contribution is 2.08. The summed E-state index contributed by atoms with van der Waals surface area (Å²) in [5.41, 5.74) is 0. The number of hydrogen-bond acceptors (Lipinski definition) is 7. The maximum Gasteiger partial charge on any atom is 0.436 e. The van der Waals surface area contributed by atoms with Gasteiger partial charge in [0.2, 0.25) is 0 Å². The fourth-order valence-electron chi connectivity index (χ4n) is 1.69. The van der Waals surface area contributed by atoms with Gasteiger partial charge in [0, 0.05) is 19.3 Å². The molecule has 1 aliphatic rings. The van der Waals surface area contributed by atoms with Gasteiger partial charge in [0.25, 0.3) is 0 Å². The zero-order valence-corrected chi connectivity index (χ0v) is 13.5. The van der Waals surface area contributed by atoms with Crippen LogP contribution in [0.5, 0.6) is 0 Å². The first-order valence-electron chi connectivity index (χ1n) is 6.32. The van der Waals surface area contributed by atoms with E-state index >= 15 is 0 Å². The van der Waals surface area contributed by atoms with E-state index in [1.165, 1.54) is 11.2 Å². The normalized spacial score (nSPS) is 13.8. The number of hydrogen-bond donors (Lipinski definition) is 0. The summed E-state index contributed by atoms with van der Waals surface area (Å²) in [6.45, 7) is 1.22. The van der Waals surface area contributed by atoms with Crippen LogP contribution < -0.4 is 0 Å². The van der Waals surface area contributed by atoms with E-state index in [4.69, 9.17) is 0 Å². The number of sulfone groups is 1. The third kappa shape index (κ3) is 6.68. The number of benzene rings is 1. The van der Waals surface area contributed by atoms with Crippen molar-refractivity contribution in [2.24, 2.45) is 4.53 Å². The molecule has 1 aromatic carbocycles. The average molecular weight is 348 g/mol. The van der Waals surface area contributed by atoms with E-state index in [0.717, 1.165) is 12.8 Å². The number of carbonyl (C=O) groups is 1. The molecule has 0 radical (unpaired) electrons. The van der Waals surface area contributed by atoms with Crippen molar-refractivity contribution >= 4 is 26.4 Å². The Balaban J connectivity index is 0.000000224. The zero-order valence-electron chi connectivity index (χ0n) is 11.9. The van der Waals surface area contributed by atoms with E-state index in [1.54, 1.807) is 30.3 Å². The summed E-state index contributed by atoms with van der Waals surface area (Å²) >= 11 is 0. The Kier molecular flexibility index (Phi) is 6.99. The summed E-state index contributed by atoms with van der Waals surface area (Å²) in [6.07, 6.45) is 2.35. The minimum atomic E-state index is -3.00. The van der Waals surface area contributed by atoms with Crippen LogP contribution in [-0.4, -0.2) is 47.2 Å². The van der Waals surface area contributed by atoms with Gasteiger partial charge in [0.1, 0.15) is 0 Å². The van der Waals surface area contributed by atoms with E-state index in [9.17, 15) is 21.6 Å². The molecule has 1 amide bonds. The molecular formula is C12H16N2O6S2. The summed E-state index contributed by atoms with van der Waals surface area (Å²) in [4.78, 5) is 16.8. The molecule has 0 N–H and O–H groups in total. The van der Waals surface area contributed by atoms with Crippen LogP contribution in [-0.2, 0) is 25.2 Å². The number of rotatable bonds is 2. The van der Waals surface area contributed by atoms with Gasteiger partial charge in [-0.05, 0) is 25.0 Å². The molecule has 1 fully saturated rings. The molecule has 1 aromatic rings. The molecule has 1 aliphatic heterocycles. The standard InChI is InChI=1S/C7H8O2S.C5H8N2O4S/c1-10(8,9)7-5-3-2-4-6-7;8-5(11-6-12(9)10)7-3-1-2-4-7/h2-6H,1H3;1-4H2. The van der Waals surface area contributed by atoms with E-state index in [1.807, 2.05) is 0 Å². The summed E-state index contributed by atoms with van der Waals surface area (Å²) in [5, 5.41) is 0. The molecule has 0 aromatic heterocycles. The topological polar surface area (TPSA) is 110 Å². The first-order valence-corrected chi connectivity index (χ1v) is 9.24. The van der Waals surface area contributed by atoms with Crippen molar-refractivity contribution in [1.29, 1.82) is 0 Å². The predicted octanol–water partition coefficient (Wildman–Crippen LogP) is 1.29. The summed E-state index contributed by atoms with van der Waals surface area (Å²) in [7, 11) is -5.68. The molecule has 0 saturated carbocycles. The van der Waals surface area contributed by atoms with Crippen LogP contribution in [0, 0.1) is 0 Å². The van der Waals surface area contributed by atoms with Crippen molar-refractivity contribution in [1.82, 2.24) is 4.90 Å². The smallest absolute Gasteiger partial charge is 0.306 e. The third-order valence-electron chi connectivity index (χ3n) is 2.71. The van der Waals surface area contributed by atoms with Crippen LogP contribution in [0.3, 0.4) is 0 Å². The molecular weight excluding hydrogens is 332 g/mol. The Morgan fingerprint density at radius 1 is 1.18 bits per heavy atom. The second-order valence-corrected chi connectivity index (χ2v) is 7.03. The van der Waals surface area contributed by atoms with Crippen LogP contribution in [0.2, 0.25) is 0 Å². The van der Waals surface area contributed by atoms with Gasteiger partial charge in [-0.15, -0.1) is 0 Å². The Hall–Kier alpha value is -1.94. The highest BCUT2D eigenvalue weighted by molar-refractivity contribution is 7.90. The van der Waals surface area contributed by atoms with E-state index in [0.29, 0.717) is 18.0 Å². The fourth-order valence-corrected chi connectivity index (χ4v) is 2.46. The lowest BCUT2D eigenvalue weighted by Crippen LogP contribution is -2.26. The van der Waals surface area contributed by atoms with E-state index in [2.05, 4.69) is 9.36 Å². The van der Waals surface area contributed by atoms with Gasteiger partial charge in [-0.25, -0.2) is 13.2 Å². The van der Waals surface area contributed by atoms with Crippen LogP contribution in [0.4, 0.5) is 4.79 Å². The lowest BCUT2D eigenvalue weighted by molar-refractivity contribution is 0.116. The largest absolute Gasteiger partial charge is 0.436 e. The lowest BCUT2D eigenvalue weighted by Gasteiger charge is -2.09. The Bertz CT molecular complexity index is 714. The first-order chi connectivity index (χ1) is 10.3. The van der Waals surface area contributed by atoms with Gasteiger partial charge in [-0.1, -0.05) is 18.2 Å². The van der Waals surface area contributed by atoms with Gasteiger partial charge in [-0.3, -0.25) is 4.84 Å². The second-order valence-electron chi connectivity index (χ2n) is 4.43. The van der Waals surface area contributed by atoms with Gasteiger partial charge in [0.15, 0.2) is 9.84 Å². The summed E-state index contributed by atoms with van der Waals surface area (Å²) in [6, 6.07) is 8.35.